The first-order valence-corrected chi connectivity index (χ1v) is 15.6. The van der Waals surface area contributed by atoms with Crippen molar-refractivity contribution in [3.8, 4) is 0 Å². The number of anilines is 1. The van der Waals surface area contributed by atoms with E-state index in [0.717, 1.165) is 29.4 Å². The highest BCUT2D eigenvalue weighted by molar-refractivity contribution is 7.89. The average Bonchev–Trinajstić information content (AvgIpc) is 3.30. The van der Waals surface area contributed by atoms with Crippen LogP contribution in [-0.4, -0.2) is 101 Å². The number of aromatic nitrogens is 3. The molecule has 0 bridgehead atoms. The van der Waals surface area contributed by atoms with Crippen LogP contribution in [0.15, 0.2) is 46.2 Å². The third-order valence-electron chi connectivity index (χ3n) is 8.42. The Morgan fingerprint density at radius 1 is 1.10 bits per heavy atom. The van der Waals surface area contributed by atoms with Crippen LogP contribution >= 0.6 is 11.6 Å². The third kappa shape index (κ3) is 5.22. The number of hydrogen-bond acceptors (Lipinski definition) is 7. The van der Waals surface area contributed by atoms with E-state index in [1.807, 2.05) is 0 Å². The van der Waals surface area contributed by atoms with Crippen LogP contribution < -0.4 is 10.5 Å². The SMILES string of the molecule is Cn1nc(N2CCC(CN3C(=O)CN(S(=O)(=O)c4ccc5c(Cl)c[nH]c5c4)CC3C(=O)N3CCC3)CC2)ccc1=O. The van der Waals surface area contributed by atoms with E-state index in [2.05, 4.69) is 15.0 Å². The summed E-state index contributed by atoms with van der Waals surface area (Å²) >= 11 is 6.16. The topological polar surface area (TPSA) is 132 Å². The number of amides is 2. The van der Waals surface area contributed by atoms with E-state index in [1.165, 1.54) is 22.9 Å². The van der Waals surface area contributed by atoms with Crippen molar-refractivity contribution < 1.29 is 18.0 Å². The number of fused-ring (bicyclic) bond motifs is 1. The zero-order valence-corrected chi connectivity index (χ0v) is 24.3. The van der Waals surface area contributed by atoms with Crippen molar-refractivity contribution in [2.45, 2.75) is 30.2 Å². The molecule has 1 unspecified atom stereocenters. The number of halogens is 1. The van der Waals surface area contributed by atoms with Crippen LogP contribution in [0.1, 0.15) is 19.3 Å². The van der Waals surface area contributed by atoms with E-state index in [0.29, 0.717) is 48.6 Å². The van der Waals surface area contributed by atoms with E-state index < -0.39 is 16.1 Å². The van der Waals surface area contributed by atoms with Gasteiger partial charge in [-0.25, -0.2) is 13.1 Å². The number of H-pyrrole nitrogens is 1. The van der Waals surface area contributed by atoms with E-state index in [4.69, 9.17) is 11.6 Å². The molecule has 3 aliphatic rings. The molecule has 3 aliphatic heterocycles. The lowest BCUT2D eigenvalue weighted by Crippen LogP contribution is -2.64. The first kappa shape index (κ1) is 27.7. The fraction of sp³-hybridized carbons (Fsp3) is 0.481. The van der Waals surface area contributed by atoms with Gasteiger partial charge in [0.25, 0.3) is 5.56 Å². The predicted octanol–water partition coefficient (Wildman–Crippen LogP) is 1.27. The molecular formula is C27H32ClN7O5S. The van der Waals surface area contributed by atoms with Gasteiger partial charge in [-0.05, 0) is 49.4 Å². The van der Waals surface area contributed by atoms with Gasteiger partial charge in [0.15, 0.2) is 0 Å². The first-order valence-electron chi connectivity index (χ1n) is 13.8. The summed E-state index contributed by atoms with van der Waals surface area (Å²) in [5, 5.41) is 5.53. The lowest BCUT2D eigenvalue weighted by Gasteiger charge is -2.45. The van der Waals surface area contributed by atoms with Gasteiger partial charge >= 0.3 is 0 Å². The Kier molecular flexibility index (Phi) is 7.28. The van der Waals surface area contributed by atoms with Gasteiger partial charge in [0, 0.05) is 69.5 Å². The molecule has 0 aliphatic carbocycles. The lowest BCUT2D eigenvalue weighted by molar-refractivity contribution is -0.152. The van der Waals surface area contributed by atoms with E-state index in [1.54, 1.807) is 35.2 Å². The normalized spacial score (nSPS) is 21.0. The first-order chi connectivity index (χ1) is 19.6. The summed E-state index contributed by atoms with van der Waals surface area (Å²) in [5.41, 5.74) is 0.406. The Hall–Kier alpha value is -3.42. The number of carbonyl (C=O) groups excluding carboxylic acids is 2. The summed E-state index contributed by atoms with van der Waals surface area (Å²) in [6.45, 7) is 2.60. The van der Waals surface area contributed by atoms with E-state index >= 15 is 0 Å². The molecule has 0 saturated carbocycles. The number of nitrogens with one attached hydrogen (secondary N) is 1. The van der Waals surface area contributed by atoms with E-state index in [-0.39, 0.29) is 41.3 Å². The largest absolute Gasteiger partial charge is 0.360 e. The second kappa shape index (κ2) is 10.8. The lowest BCUT2D eigenvalue weighted by atomic mass is 9.94. The molecule has 1 aromatic carbocycles. The smallest absolute Gasteiger partial charge is 0.266 e. The number of nitrogens with zero attached hydrogens (tertiary/aromatic N) is 6. The van der Waals surface area contributed by atoms with Crippen LogP contribution in [-0.2, 0) is 26.7 Å². The molecule has 6 rings (SSSR count). The van der Waals surface area contributed by atoms with Crippen molar-refractivity contribution in [3.05, 3.63) is 51.9 Å². The molecule has 0 radical (unpaired) electrons. The molecule has 14 heteroatoms. The number of aromatic amines is 1. The molecule has 41 heavy (non-hydrogen) atoms. The van der Waals surface area contributed by atoms with E-state index in [9.17, 15) is 22.8 Å². The molecule has 0 spiro atoms. The maximum Gasteiger partial charge on any atom is 0.266 e. The second-order valence-electron chi connectivity index (χ2n) is 11.0. The summed E-state index contributed by atoms with van der Waals surface area (Å²) in [4.78, 5) is 47.2. The molecule has 1 N–H and O–H groups in total. The van der Waals surface area contributed by atoms with Gasteiger partial charge in [-0.15, -0.1) is 0 Å². The number of piperidine rings is 1. The molecule has 3 aromatic rings. The average molecular weight is 602 g/mol. The summed E-state index contributed by atoms with van der Waals surface area (Å²) in [5.74, 6) is 0.302. The third-order valence-corrected chi connectivity index (χ3v) is 10.5. The van der Waals surface area contributed by atoms with Crippen molar-refractivity contribution in [1.29, 1.82) is 0 Å². The van der Waals surface area contributed by atoms with Crippen LogP contribution in [0.2, 0.25) is 5.02 Å². The maximum absolute atomic E-state index is 13.7. The summed E-state index contributed by atoms with van der Waals surface area (Å²) in [7, 11) is -2.43. The number of likely N-dealkylation sites (tertiary alicyclic amines) is 1. The highest BCUT2D eigenvalue weighted by Gasteiger charge is 2.44. The van der Waals surface area contributed by atoms with Crippen LogP contribution in [0.5, 0.6) is 0 Å². The van der Waals surface area contributed by atoms with Gasteiger partial charge in [0.05, 0.1) is 16.5 Å². The fourth-order valence-corrected chi connectivity index (χ4v) is 7.45. The van der Waals surface area contributed by atoms with Gasteiger partial charge in [0.2, 0.25) is 21.8 Å². The summed E-state index contributed by atoms with van der Waals surface area (Å²) in [6.07, 6.45) is 4.04. The number of rotatable bonds is 6. The number of sulfonamides is 1. The minimum absolute atomic E-state index is 0.0410. The standard InChI is InChI=1S/C27H32ClN7O5S/c1-31-25(36)6-5-24(30-31)32-11-7-18(8-12-32)15-35-23(27(38)33-9-2-10-33)16-34(17-26(35)37)41(39,40)19-3-4-20-21(28)14-29-22(20)13-19/h3-6,13-14,18,23,29H,2,7-12,15-17H2,1H3. The zero-order valence-electron chi connectivity index (χ0n) is 22.7. The fourth-order valence-electron chi connectivity index (χ4n) is 5.80. The van der Waals surface area contributed by atoms with Gasteiger partial charge in [-0.3, -0.25) is 14.4 Å². The number of hydrogen-bond donors (Lipinski definition) is 1. The highest BCUT2D eigenvalue weighted by Crippen LogP contribution is 2.30. The zero-order chi connectivity index (χ0) is 28.9. The Morgan fingerprint density at radius 2 is 1.85 bits per heavy atom. The number of piperazine rings is 1. The Bertz CT molecular complexity index is 1660. The van der Waals surface area contributed by atoms with Crippen LogP contribution in [0.3, 0.4) is 0 Å². The minimum atomic E-state index is -4.04. The van der Waals surface area contributed by atoms with Crippen LogP contribution in [0, 0.1) is 5.92 Å². The molecule has 1 atom stereocenters. The highest BCUT2D eigenvalue weighted by atomic mass is 35.5. The Labute approximate surface area is 242 Å². The van der Waals surface area contributed by atoms with Crippen LogP contribution in [0.25, 0.3) is 10.9 Å². The minimum Gasteiger partial charge on any atom is -0.360 e. The van der Waals surface area contributed by atoms with Crippen molar-refractivity contribution in [3.63, 3.8) is 0 Å². The number of benzene rings is 1. The molecule has 3 saturated heterocycles. The quantitative estimate of drug-likeness (QED) is 0.450. The molecule has 3 fully saturated rings. The molecule has 2 amide bonds. The number of carbonyl (C=O) groups is 2. The van der Waals surface area contributed by atoms with Crippen molar-refractivity contribution in [2.75, 3.05) is 50.7 Å². The van der Waals surface area contributed by atoms with Crippen molar-refractivity contribution in [1.82, 2.24) is 28.9 Å². The van der Waals surface area contributed by atoms with Gasteiger partial charge in [-0.1, -0.05) is 11.6 Å². The molecule has 2 aromatic heterocycles. The van der Waals surface area contributed by atoms with Gasteiger partial charge in [-0.2, -0.15) is 9.40 Å². The van der Waals surface area contributed by atoms with Crippen LogP contribution in [0.4, 0.5) is 5.82 Å². The molecular weight excluding hydrogens is 570 g/mol. The monoisotopic (exact) mass is 601 g/mol. The summed E-state index contributed by atoms with van der Waals surface area (Å²) < 4.78 is 29.8. The predicted molar refractivity (Wildman–Crippen MR) is 153 cm³/mol. The molecule has 5 heterocycles. The Morgan fingerprint density at radius 3 is 2.54 bits per heavy atom. The van der Waals surface area contributed by atoms with Gasteiger partial charge in [0.1, 0.15) is 11.9 Å². The Balaban J connectivity index is 1.19. The molecule has 218 valence electrons. The number of aryl methyl sites for hydroxylation is 1. The summed E-state index contributed by atoms with van der Waals surface area (Å²) in [6, 6.07) is 6.96. The second-order valence-corrected chi connectivity index (χ2v) is 13.3. The van der Waals surface area contributed by atoms with Crippen molar-refractivity contribution in [2.24, 2.45) is 13.0 Å². The maximum atomic E-state index is 13.7. The van der Waals surface area contributed by atoms with Crippen molar-refractivity contribution >= 4 is 50.2 Å². The van der Waals surface area contributed by atoms with Gasteiger partial charge < -0.3 is 19.7 Å². The molecule has 12 nitrogen and oxygen atoms in total.